The van der Waals surface area contributed by atoms with E-state index in [4.69, 9.17) is 4.74 Å². The summed E-state index contributed by atoms with van der Waals surface area (Å²) in [6, 6.07) is 0. The van der Waals surface area contributed by atoms with Gasteiger partial charge in [0.05, 0.1) is 18.2 Å². The zero-order valence-electron chi connectivity index (χ0n) is 10.0. The summed E-state index contributed by atoms with van der Waals surface area (Å²) in [4.78, 5) is 0. The molecule has 1 unspecified atom stereocenters. The first-order valence-corrected chi connectivity index (χ1v) is 6.39. The quantitative estimate of drug-likeness (QED) is 0.692. The normalized spacial score (nSPS) is 28.3. The fraction of sp³-hybridized carbons (Fsp3) is 1.00. The molecule has 0 N–H and O–H groups in total. The Morgan fingerprint density at radius 3 is 2.40 bits per heavy atom. The van der Waals surface area contributed by atoms with Crippen molar-refractivity contribution in [2.24, 2.45) is 0 Å². The van der Waals surface area contributed by atoms with Crippen LogP contribution in [0, 0.1) is 0 Å². The van der Waals surface area contributed by atoms with Gasteiger partial charge in [-0.3, -0.25) is 0 Å². The third-order valence-corrected chi connectivity index (χ3v) is 4.68. The van der Waals surface area contributed by atoms with Gasteiger partial charge < -0.3 is 4.74 Å². The Balaban J connectivity index is 3.00. The molecule has 1 atom stereocenters. The van der Waals surface area contributed by atoms with Gasteiger partial charge in [-0.15, -0.1) is 0 Å². The lowest BCUT2D eigenvalue weighted by molar-refractivity contribution is -0.0566. The molecule has 1 saturated heterocycles. The smallest absolute Gasteiger partial charge is 0.282 e. The average molecular weight is 236 g/mol. The first-order chi connectivity index (χ1) is 6.68. The van der Waals surface area contributed by atoms with Crippen molar-refractivity contribution in [1.82, 2.24) is 8.61 Å². The SMILES string of the molecule is CC1CN(S(=O)(=O)N(C)C)C(C)(C)CO1. The summed E-state index contributed by atoms with van der Waals surface area (Å²) in [7, 11) is -0.260. The van der Waals surface area contributed by atoms with E-state index < -0.39 is 15.7 Å². The Hall–Kier alpha value is -0.170. The van der Waals surface area contributed by atoms with Crippen molar-refractivity contribution in [3.63, 3.8) is 0 Å². The minimum atomic E-state index is -3.35. The predicted molar refractivity (Wildman–Crippen MR) is 58.8 cm³/mol. The van der Waals surface area contributed by atoms with Crippen LogP contribution in [0.2, 0.25) is 0 Å². The van der Waals surface area contributed by atoms with Crippen LogP contribution in [0.15, 0.2) is 0 Å². The second kappa shape index (κ2) is 4.01. The van der Waals surface area contributed by atoms with Crippen LogP contribution in [0.4, 0.5) is 0 Å². The molecule has 0 aromatic carbocycles. The molecule has 6 heteroatoms. The van der Waals surface area contributed by atoms with Crippen LogP contribution < -0.4 is 0 Å². The van der Waals surface area contributed by atoms with Gasteiger partial charge in [0.1, 0.15) is 0 Å². The number of hydrogen-bond acceptors (Lipinski definition) is 3. The minimum absolute atomic E-state index is 0.0484. The number of ether oxygens (including phenoxy) is 1. The molecule has 5 nitrogen and oxygen atoms in total. The summed E-state index contributed by atoms with van der Waals surface area (Å²) in [5.74, 6) is 0. The largest absolute Gasteiger partial charge is 0.375 e. The Morgan fingerprint density at radius 2 is 1.93 bits per heavy atom. The van der Waals surface area contributed by atoms with Gasteiger partial charge in [0.2, 0.25) is 0 Å². The van der Waals surface area contributed by atoms with Crippen molar-refractivity contribution < 1.29 is 13.2 Å². The van der Waals surface area contributed by atoms with Gasteiger partial charge in [-0.05, 0) is 20.8 Å². The molecule has 0 aromatic heterocycles. The molecule has 0 aromatic rings. The molecule has 90 valence electrons. The summed E-state index contributed by atoms with van der Waals surface area (Å²) in [5, 5.41) is 0. The van der Waals surface area contributed by atoms with Crippen LogP contribution in [0.3, 0.4) is 0 Å². The van der Waals surface area contributed by atoms with Crippen molar-refractivity contribution in [3.05, 3.63) is 0 Å². The third kappa shape index (κ3) is 2.50. The van der Waals surface area contributed by atoms with E-state index in [9.17, 15) is 8.42 Å². The summed E-state index contributed by atoms with van der Waals surface area (Å²) in [6.07, 6.45) is -0.0484. The highest BCUT2D eigenvalue weighted by molar-refractivity contribution is 7.86. The van der Waals surface area contributed by atoms with Crippen molar-refractivity contribution in [2.75, 3.05) is 27.2 Å². The summed E-state index contributed by atoms with van der Waals surface area (Å²) in [5.41, 5.74) is -0.477. The van der Waals surface area contributed by atoms with Crippen LogP contribution in [0.5, 0.6) is 0 Å². The van der Waals surface area contributed by atoms with Gasteiger partial charge in [-0.1, -0.05) is 0 Å². The van der Waals surface area contributed by atoms with Crippen LogP contribution in [-0.2, 0) is 14.9 Å². The fourth-order valence-corrected chi connectivity index (χ4v) is 3.02. The van der Waals surface area contributed by atoms with Crippen molar-refractivity contribution in [3.8, 4) is 0 Å². The van der Waals surface area contributed by atoms with Crippen LogP contribution >= 0.6 is 0 Å². The molecule has 1 aliphatic rings. The van der Waals surface area contributed by atoms with E-state index in [-0.39, 0.29) is 6.10 Å². The Kier molecular flexibility index (Phi) is 3.45. The molecule has 1 rings (SSSR count). The first kappa shape index (κ1) is 12.9. The maximum atomic E-state index is 12.0. The lowest BCUT2D eigenvalue weighted by Crippen LogP contribution is -2.60. The highest BCUT2D eigenvalue weighted by atomic mass is 32.2. The molecule has 0 bridgehead atoms. The van der Waals surface area contributed by atoms with Crippen LogP contribution in [0.1, 0.15) is 20.8 Å². The minimum Gasteiger partial charge on any atom is -0.375 e. The fourth-order valence-electron chi connectivity index (χ4n) is 1.56. The Bertz CT molecular complexity index is 324. The average Bonchev–Trinajstić information content (AvgIpc) is 2.09. The molecule has 1 aliphatic heterocycles. The maximum Gasteiger partial charge on any atom is 0.282 e. The lowest BCUT2D eigenvalue weighted by Gasteiger charge is -2.44. The number of nitrogens with zero attached hydrogens (tertiary/aromatic N) is 2. The number of morpholine rings is 1. The van der Waals surface area contributed by atoms with E-state index in [2.05, 4.69) is 0 Å². The van der Waals surface area contributed by atoms with Crippen molar-refractivity contribution in [2.45, 2.75) is 32.4 Å². The van der Waals surface area contributed by atoms with E-state index in [1.54, 1.807) is 14.1 Å². The van der Waals surface area contributed by atoms with E-state index >= 15 is 0 Å². The molecule has 0 saturated carbocycles. The van der Waals surface area contributed by atoms with Gasteiger partial charge in [-0.2, -0.15) is 17.0 Å². The second-order valence-corrected chi connectivity index (χ2v) is 6.82. The zero-order valence-corrected chi connectivity index (χ0v) is 10.8. The topological polar surface area (TPSA) is 49.9 Å². The molecular formula is C9H20N2O3S. The van der Waals surface area contributed by atoms with Crippen molar-refractivity contribution >= 4 is 10.2 Å². The summed E-state index contributed by atoms with van der Waals surface area (Å²) < 4.78 is 32.3. The maximum absolute atomic E-state index is 12.0. The second-order valence-electron chi connectivity index (χ2n) is 4.76. The highest BCUT2D eigenvalue weighted by Gasteiger charge is 2.41. The van der Waals surface area contributed by atoms with Gasteiger partial charge in [0.25, 0.3) is 10.2 Å². The summed E-state index contributed by atoms with van der Waals surface area (Å²) >= 11 is 0. The van der Waals surface area contributed by atoms with Gasteiger partial charge in [0, 0.05) is 20.6 Å². The van der Waals surface area contributed by atoms with Gasteiger partial charge >= 0.3 is 0 Å². The van der Waals surface area contributed by atoms with Gasteiger partial charge in [-0.25, -0.2) is 0 Å². The van der Waals surface area contributed by atoms with E-state index in [0.717, 1.165) is 0 Å². The zero-order chi connectivity index (χ0) is 11.9. The third-order valence-electron chi connectivity index (χ3n) is 2.56. The summed E-state index contributed by atoms with van der Waals surface area (Å²) in [6.45, 7) is 6.47. The van der Waals surface area contributed by atoms with Gasteiger partial charge in [0.15, 0.2) is 0 Å². The highest BCUT2D eigenvalue weighted by Crippen LogP contribution is 2.25. The number of rotatable bonds is 2. The molecule has 1 heterocycles. The predicted octanol–water partition coefficient (Wildman–Crippen LogP) is 0.292. The van der Waals surface area contributed by atoms with E-state index in [1.165, 1.54) is 8.61 Å². The molecule has 15 heavy (non-hydrogen) atoms. The molecule has 0 aliphatic carbocycles. The number of hydrogen-bond donors (Lipinski definition) is 0. The Morgan fingerprint density at radius 1 is 1.40 bits per heavy atom. The van der Waals surface area contributed by atoms with Crippen molar-refractivity contribution in [1.29, 1.82) is 0 Å². The van der Waals surface area contributed by atoms with Crippen LogP contribution in [0.25, 0.3) is 0 Å². The lowest BCUT2D eigenvalue weighted by atomic mass is 10.1. The standard InChI is InChI=1S/C9H20N2O3S/c1-8-6-11(9(2,3)7-14-8)15(12,13)10(4)5/h8H,6-7H2,1-5H3. The molecule has 0 amide bonds. The van der Waals surface area contributed by atoms with E-state index in [0.29, 0.717) is 13.2 Å². The Labute approximate surface area is 92.2 Å². The molecular weight excluding hydrogens is 216 g/mol. The van der Waals surface area contributed by atoms with Crippen LogP contribution in [-0.4, -0.2) is 55.9 Å². The first-order valence-electron chi connectivity index (χ1n) is 5.00. The van der Waals surface area contributed by atoms with E-state index in [1.807, 2.05) is 20.8 Å². The molecule has 0 spiro atoms. The molecule has 1 fully saturated rings. The monoisotopic (exact) mass is 236 g/mol. The molecule has 0 radical (unpaired) electrons.